The van der Waals surface area contributed by atoms with Crippen molar-refractivity contribution in [1.29, 1.82) is 0 Å². The van der Waals surface area contributed by atoms with Gasteiger partial charge < -0.3 is 16.0 Å². The average Bonchev–Trinajstić information content (AvgIpc) is 3.46. The molecule has 2 amide bonds. The van der Waals surface area contributed by atoms with Crippen LogP contribution in [0.4, 0.5) is 15.8 Å². The molecular weight excluding hydrogens is 333 g/mol. The van der Waals surface area contributed by atoms with Gasteiger partial charge in [0.1, 0.15) is 5.82 Å². The molecule has 2 aromatic carbocycles. The first-order valence-electron chi connectivity index (χ1n) is 8.68. The molecule has 3 N–H and O–H groups in total. The van der Waals surface area contributed by atoms with Crippen LogP contribution in [0.2, 0.25) is 0 Å². The van der Waals surface area contributed by atoms with Crippen LogP contribution in [0.25, 0.3) is 0 Å². The zero-order valence-corrected chi connectivity index (χ0v) is 14.6. The molecule has 0 atom stereocenters. The third-order valence-electron chi connectivity index (χ3n) is 4.33. The van der Waals surface area contributed by atoms with E-state index in [-0.39, 0.29) is 36.6 Å². The lowest BCUT2D eigenvalue weighted by Gasteiger charge is -2.13. The maximum atomic E-state index is 13.6. The number of rotatable bonds is 7. The summed E-state index contributed by atoms with van der Waals surface area (Å²) in [7, 11) is 0. The molecule has 0 spiro atoms. The lowest BCUT2D eigenvalue weighted by molar-refractivity contribution is -0.119. The summed E-state index contributed by atoms with van der Waals surface area (Å²) < 4.78 is 13.6. The number of aryl methyl sites for hydroxylation is 1. The smallest absolute Gasteiger partial charge is 0.239 e. The Morgan fingerprint density at radius 3 is 2.65 bits per heavy atom. The molecule has 0 radical (unpaired) electrons. The van der Waals surface area contributed by atoms with Crippen molar-refractivity contribution in [2.45, 2.75) is 26.3 Å². The van der Waals surface area contributed by atoms with E-state index >= 15 is 0 Å². The van der Waals surface area contributed by atoms with Crippen LogP contribution in [0.5, 0.6) is 0 Å². The number of nitrogens with one attached hydrogen (secondary N) is 3. The number of anilines is 2. The number of hydrogen-bond donors (Lipinski definition) is 3. The van der Waals surface area contributed by atoms with Gasteiger partial charge in [-0.2, -0.15) is 0 Å². The minimum absolute atomic E-state index is 0.0439. The Morgan fingerprint density at radius 1 is 1.15 bits per heavy atom. The van der Waals surface area contributed by atoms with Crippen LogP contribution in [0.15, 0.2) is 42.5 Å². The molecule has 1 aliphatic rings. The standard InChI is InChI=1S/C20H22FN3O2/c1-13-6-9-16(24-20(26)14-7-8-14)10-18(13)22-12-19(25)23-11-15-4-2-3-5-17(15)21/h2-6,9-10,14,22H,7-8,11-12H2,1H3,(H,23,25)(H,24,26). The molecular formula is C20H22FN3O2. The molecule has 1 fully saturated rings. The van der Waals surface area contributed by atoms with Gasteiger partial charge in [-0.3, -0.25) is 9.59 Å². The molecule has 0 unspecified atom stereocenters. The first-order chi connectivity index (χ1) is 12.5. The minimum atomic E-state index is -0.337. The Bertz CT molecular complexity index is 818. The van der Waals surface area contributed by atoms with E-state index in [2.05, 4.69) is 16.0 Å². The van der Waals surface area contributed by atoms with Crippen LogP contribution in [0, 0.1) is 18.7 Å². The number of carbonyl (C=O) groups excluding carboxylic acids is 2. The summed E-state index contributed by atoms with van der Waals surface area (Å²) >= 11 is 0. The fraction of sp³-hybridized carbons (Fsp3) is 0.300. The fourth-order valence-electron chi connectivity index (χ4n) is 2.55. The number of halogens is 1. The summed E-state index contributed by atoms with van der Waals surface area (Å²) in [4.78, 5) is 23.9. The van der Waals surface area contributed by atoms with E-state index < -0.39 is 0 Å². The monoisotopic (exact) mass is 355 g/mol. The lowest BCUT2D eigenvalue weighted by Crippen LogP contribution is -2.29. The van der Waals surface area contributed by atoms with Crippen molar-refractivity contribution in [1.82, 2.24) is 5.32 Å². The molecule has 0 aliphatic heterocycles. The van der Waals surface area contributed by atoms with Gasteiger partial charge in [-0.15, -0.1) is 0 Å². The topological polar surface area (TPSA) is 70.2 Å². The van der Waals surface area contributed by atoms with E-state index in [1.165, 1.54) is 6.07 Å². The van der Waals surface area contributed by atoms with Gasteiger partial charge in [-0.05, 0) is 43.5 Å². The van der Waals surface area contributed by atoms with Crippen LogP contribution in [-0.4, -0.2) is 18.4 Å². The van der Waals surface area contributed by atoms with Crippen LogP contribution in [0.1, 0.15) is 24.0 Å². The van der Waals surface area contributed by atoms with Crippen LogP contribution in [-0.2, 0) is 16.1 Å². The normalized spacial score (nSPS) is 13.2. The highest BCUT2D eigenvalue weighted by molar-refractivity contribution is 5.94. The number of amides is 2. The summed E-state index contributed by atoms with van der Waals surface area (Å²) in [6.07, 6.45) is 1.90. The maximum absolute atomic E-state index is 13.6. The lowest BCUT2D eigenvalue weighted by atomic mass is 10.1. The van der Waals surface area contributed by atoms with Gasteiger partial charge in [-0.25, -0.2) is 4.39 Å². The second kappa shape index (κ2) is 7.99. The summed E-state index contributed by atoms with van der Waals surface area (Å²) in [5.74, 6) is -0.393. The van der Waals surface area contributed by atoms with Gasteiger partial charge in [0.2, 0.25) is 11.8 Å². The second-order valence-electron chi connectivity index (χ2n) is 6.51. The highest BCUT2D eigenvalue weighted by atomic mass is 19.1. The highest BCUT2D eigenvalue weighted by Gasteiger charge is 2.29. The van der Waals surface area contributed by atoms with E-state index in [0.29, 0.717) is 11.3 Å². The molecule has 136 valence electrons. The van der Waals surface area contributed by atoms with Crippen molar-refractivity contribution in [3.8, 4) is 0 Å². The van der Waals surface area contributed by atoms with Crippen molar-refractivity contribution in [2.75, 3.05) is 17.2 Å². The number of hydrogen-bond acceptors (Lipinski definition) is 3. The quantitative estimate of drug-likeness (QED) is 0.714. The molecule has 3 rings (SSSR count). The molecule has 0 bridgehead atoms. The van der Waals surface area contributed by atoms with E-state index in [4.69, 9.17) is 0 Å². The van der Waals surface area contributed by atoms with Gasteiger partial charge in [0, 0.05) is 29.4 Å². The zero-order valence-electron chi connectivity index (χ0n) is 14.6. The van der Waals surface area contributed by atoms with Gasteiger partial charge in [0.15, 0.2) is 0 Å². The molecule has 26 heavy (non-hydrogen) atoms. The summed E-state index contributed by atoms with van der Waals surface area (Å²) in [6.45, 7) is 2.13. The van der Waals surface area contributed by atoms with Gasteiger partial charge in [-0.1, -0.05) is 24.3 Å². The molecule has 2 aromatic rings. The largest absolute Gasteiger partial charge is 0.376 e. The molecule has 1 saturated carbocycles. The van der Waals surface area contributed by atoms with Crippen LogP contribution in [0.3, 0.4) is 0 Å². The van der Waals surface area contributed by atoms with Gasteiger partial charge in [0.05, 0.1) is 6.54 Å². The van der Waals surface area contributed by atoms with Crippen molar-refractivity contribution >= 4 is 23.2 Å². The Hall–Kier alpha value is -2.89. The Labute approximate surface area is 152 Å². The second-order valence-corrected chi connectivity index (χ2v) is 6.51. The summed E-state index contributed by atoms with van der Waals surface area (Å²) in [6, 6.07) is 11.9. The number of benzene rings is 2. The molecule has 5 nitrogen and oxygen atoms in total. The van der Waals surface area contributed by atoms with E-state index in [9.17, 15) is 14.0 Å². The van der Waals surface area contributed by atoms with E-state index in [1.54, 1.807) is 18.2 Å². The molecule has 0 aromatic heterocycles. The van der Waals surface area contributed by atoms with Crippen molar-refractivity contribution in [3.05, 3.63) is 59.4 Å². The first-order valence-corrected chi connectivity index (χ1v) is 8.68. The molecule has 6 heteroatoms. The predicted octanol–water partition coefficient (Wildman–Crippen LogP) is 3.21. The summed E-state index contributed by atoms with van der Waals surface area (Å²) in [5.41, 5.74) is 2.90. The van der Waals surface area contributed by atoms with Crippen molar-refractivity contribution in [3.63, 3.8) is 0 Å². The van der Waals surface area contributed by atoms with Crippen molar-refractivity contribution < 1.29 is 14.0 Å². The zero-order chi connectivity index (χ0) is 18.5. The predicted molar refractivity (Wildman–Crippen MR) is 99.3 cm³/mol. The first kappa shape index (κ1) is 17.9. The Morgan fingerprint density at radius 2 is 1.92 bits per heavy atom. The third kappa shape index (κ3) is 4.81. The van der Waals surface area contributed by atoms with Gasteiger partial charge >= 0.3 is 0 Å². The molecule has 1 aliphatic carbocycles. The molecule has 0 heterocycles. The average molecular weight is 355 g/mol. The third-order valence-corrected chi connectivity index (χ3v) is 4.33. The van der Waals surface area contributed by atoms with Crippen LogP contribution >= 0.6 is 0 Å². The maximum Gasteiger partial charge on any atom is 0.239 e. The van der Waals surface area contributed by atoms with E-state index in [1.807, 2.05) is 25.1 Å². The SMILES string of the molecule is Cc1ccc(NC(=O)C2CC2)cc1NCC(=O)NCc1ccccc1F. The van der Waals surface area contributed by atoms with Crippen molar-refractivity contribution in [2.24, 2.45) is 5.92 Å². The van der Waals surface area contributed by atoms with E-state index in [0.717, 1.165) is 24.1 Å². The highest BCUT2D eigenvalue weighted by Crippen LogP contribution is 2.30. The Kier molecular flexibility index (Phi) is 5.51. The summed E-state index contributed by atoms with van der Waals surface area (Å²) in [5, 5.41) is 8.64. The molecule has 0 saturated heterocycles. The number of carbonyl (C=O) groups is 2. The van der Waals surface area contributed by atoms with Crippen LogP contribution < -0.4 is 16.0 Å². The minimum Gasteiger partial charge on any atom is -0.376 e. The van der Waals surface area contributed by atoms with Gasteiger partial charge in [0.25, 0.3) is 0 Å². The fourth-order valence-corrected chi connectivity index (χ4v) is 2.55. The Balaban J connectivity index is 1.52.